The number of carbonyl (C=O) groups excluding carboxylic acids is 6. The maximum absolute atomic E-state index is 13.6. The number of benzene rings is 3. The monoisotopic (exact) mass is 1280 g/mol. The van der Waals surface area contributed by atoms with Crippen LogP contribution >= 0.6 is 81.2 Å². The van der Waals surface area contributed by atoms with Gasteiger partial charge < -0.3 is 9.47 Å². The largest absolute Gasteiger partial charge is 0.443 e. The molecule has 6 aliphatic rings. The fraction of sp³-hybridized carbons (Fsp3) is 0.557. The second-order valence-electron chi connectivity index (χ2n) is 27.0. The van der Waals surface area contributed by atoms with Crippen LogP contribution in [0.2, 0.25) is 30.1 Å². The van der Waals surface area contributed by atoms with Crippen molar-refractivity contribution in [3.8, 4) is 5.69 Å². The molecule has 0 saturated heterocycles. The van der Waals surface area contributed by atoms with Gasteiger partial charge in [-0.3, -0.25) is 34.5 Å². The molecule has 22 heteroatoms. The molecule has 0 radical (unpaired) electrons. The van der Waals surface area contributed by atoms with E-state index in [1.54, 1.807) is 82.6 Å². The number of Topliss-reactive ketones (excluding diaryl/α,β-unsaturated/α-hetero) is 2. The van der Waals surface area contributed by atoms with Crippen molar-refractivity contribution in [2.45, 2.75) is 165 Å². The number of nitrogens with one attached hydrogen (secondary N) is 4. The fourth-order valence-corrected chi connectivity index (χ4v) is 15.5. The van der Waals surface area contributed by atoms with Crippen LogP contribution in [0.25, 0.3) is 5.69 Å². The highest BCUT2D eigenvalue weighted by Crippen LogP contribution is 2.68. The van der Waals surface area contributed by atoms with Crippen molar-refractivity contribution >= 4 is 127 Å². The van der Waals surface area contributed by atoms with Gasteiger partial charge in [-0.15, -0.1) is 0 Å². The van der Waals surface area contributed by atoms with Gasteiger partial charge in [-0.25, -0.2) is 30.1 Å². The summed E-state index contributed by atoms with van der Waals surface area (Å²) < 4.78 is 12.0. The summed E-state index contributed by atoms with van der Waals surface area (Å²) in [5.41, 5.74) is 8.72. The highest BCUT2D eigenvalue weighted by Gasteiger charge is 2.69. The molecule has 6 aliphatic carbocycles. The Balaban J connectivity index is 0.000000166. The van der Waals surface area contributed by atoms with Crippen LogP contribution in [0.4, 0.5) is 21.0 Å². The normalized spacial score (nSPS) is 27.0. The molecule has 0 spiro atoms. The molecule has 0 aliphatic heterocycles. The second kappa shape index (κ2) is 23.3. The first-order valence-electron chi connectivity index (χ1n) is 27.6. The van der Waals surface area contributed by atoms with Gasteiger partial charge in [-0.2, -0.15) is 0 Å². The summed E-state index contributed by atoms with van der Waals surface area (Å²) in [6.07, 6.45) is 4.22. The predicted octanol–water partition coefficient (Wildman–Crippen LogP) is 16.3. The first-order chi connectivity index (χ1) is 38.0. The van der Waals surface area contributed by atoms with Gasteiger partial charge in [0.05, 0.1) is 23.0 Å². The molecule has 4 aromatic rings. The number of aromatic amines is 1. The number of hydrogen-bond acceptors (Lipinski definition) is 10. The molecular weight excluding hydrogens is 1210 g/mol. The number of ether oxygens (including phenoxy) is 2. The standard InChI is InChI=1S/C22H28Cl2N2O4.C17H18Cl2N2O.C11H14Cl2N2O2.C11H15ClO2/c1-20(2,3)30-19(29)25-26(14-10-12(23)9-13(24)11-14)18(28)16-15-7-8-22(6,17(16)27)21(15,4)5;1-16(2)12-4-5-17(16,3)14-13(12)15(22)21(20-14)11-7-9(18)6-10(19)8-11;1-11(2,3)17-10(16)15-14-9-5-7(12)4-8(13)6-9;1-10(2)6-4-5-11(10,3)8(13)7(6)9(12)14/h9-11,15-16H,7-8H2,1-6H3,(H,25,29);6-8,12,20H,4-5H2,1-3H3;4-6,14H,1-3H3,(H,15,16);6-7H,4-5H2,1-3H3/t15-,16?,22+;12-,17+;;6-,7?,11+/m11.1/s1. The Morgan fingerprint density at radius 3 is 1.41 bits per heavy atom. The number of carbonyl (C=O) groups is 6. The van der Waals surface area contributed by atoms with Gasteiger partial charge in [0, 0.05) is 57.6 Å². The van der Waals surface area contributed by atoms with Crippen molar-refractivity contribution in [1.29, 1.82) is 0 Å². The molecule has 8 atom stereocenters. The average Bonchev–Trinajstić information content (AvgIpc) is 2.38. The maximum atomic E-state index is 13.6. The van der Waals surface area contributed by atoms with Crippen molar-refractivity contribution in [3.05, 3.63) is 106 Å². The number of anilines is 2. The van der Waals surface area contributed by atoms with E-state index in [1.165, 1.54) is 18.2 Å². The van der Waals surface area contributed by atoms with Crippen LogP contribution in [0.5, 0.6) is 0 Å². The third-order valence-electron chi connectivity index (χ3n) is 19.2. The van der Waals surface area contributed by atoms with E-state index in [1.807, 2.05) is 27.7 Å². The van der Waals surface area contributed by atoms with E-state index in [9.17, 15) is 33.6 Å². The van der Waals surface area contributed by atoms with Crippen LogP contribution in [0, 0.1) is 50.7 Å². The quantitative estimate of drug-likeness (QED) is 0.0819. The van der Waals surface area contributed by atoms with E-state index >= 15 is 0 Å². The lowest BCUT2D eigenvalue weighted by atomic mass is 9.70. The minimum absolute atomic E-state index is 0.0276. The van der Waals surface area contributed by atoms with Gasteiger partial charge in [-0.05, 0) is 180 Å². The highest BCUT2D eigenvalue weighted by atomic mass is 35.5. The second-order valence-corrected chi connectivity index (χ2v) is 30.0. The smallest absolute Gasteiger partial charge is 0.427 e. The van der Waals surface area contributed by atoms with Crippen LogP contribution in [-0.4, -0.2) is 55.9 Å². The Hall–Kier alpha value is -4.48. The van der Waals surface area contributed by atoms with Gasteiger partial charge in [0.25, 0.3) is 11.5 Å². The summed E-state index contributed by atoms with van der Waals surface area (Å²) in [6.45, 7) is 29.5. The van der Waals surface area contributed by atoms with Crippen molar-refractivity contribution < 1.29 is 38.2 Å². The Kier molecular flexibility index (Phi) is 18.6. The van der Waals surface area contributed by atoms with Gasteiger partial charge >= 0.3 is 12.2 Å². The van der Waals surface area contributed by atoms with E-state index in [0.29, 0.717) is 47.4 Å². The topological polar surface area (TPSA) is 198 Å². The van der Waals surface area contributed by atoms with E-state index < -0.39 is 51.8 Å². The first-order valence-corrected chi connectivity index (χ1v) is 30.3. The van der Waals surface area contributed by atoms with E-state index in [-0.39, 0.29) is 61.7 Å². The average molecular weight is 1280 g/mol. The summed E-state index contributed by atoms with van der Waals surface area (Å²) in [5.74, 6) is -1.54. The van der Waals surface area contributed by atoms with E-state index in [2.05, 4.69) is 56.0 Å². The lowest BCUT2D eigenvalue weighted by Gasteiger charge is -2.34. The number of fused-ring (bicyclic) bond motifs is 9. The van der Waals surface area contributed by atoms with Crippen LogP contribution in [-0.2, 0) is 34.1 Å². The molecule has 1 heterocycles. The summed E-state index contributed by atoms with van der Waals surface area (Å²) in [4.78, 5) is 87.0. The molecule has 10 rings (SSSR count). The Morgan fingerprint density at radius 2 is 1.00 bits per heavy atom. The highest BCUT2D eigenvalue weighted by molar-refractivity contribution is 6.65. The molecule has 6 bridgehead atoms. The van der Waals surface area contributed by atoms with Crippen molar-refractivity contribution in [2.24, 2.45) is 50.7 Å². The number of amides is 3. The maximum Gasteiger partial charge on any atom is 0.427 e. The van der Waals surface area contributed by atoms with Crippen LogP contribution in [0.15, 0.2) is 59.4 Å². The Morgan fingerprint density at radius 1 is 0.578 bits per heavy atom. The number of nitrogens with zero attached hydrogens (tertiary/aromatic N) is 2. The molecule has 15 nitrogen and oxygen atoms in total. The molecule has 1 aromatic heterocycles. The predicted molar refractivity (Wildman–Crippen MR) is 329 cm³/mol. The number of hydrazine groups is 2. The van der Waals surface area contributed by atoms with Gasteiger partial charge in [0.2, 0.25) is 5.24 Å². The van der Waals surface area contributed by atoms with Gasteiger partial charge in [-0.1, -0.05) is 132 Å². The van der Waals surface area contributed by atoms with Gasteiger partial charge in [0.1, 0.15) is 17.1 Å². The third-order valence-corrected chi connectivity index (χ3v) is 20.8. The summed E-state index contributed by atoms with van der Waals surface area (Å²) in [7, 11) is 0. The SMILES string of the molecule is CC(C)(C)OC(=O)NN(C(=O)C1C(=O)[C@]2(C)CC[C@H]1C2(C)C)c1cc(Cl)cc(Cl)c1.CC(C)(C)OC(=O)NNc1cc(Cl)cc(Cl)c1.CC1(C)[C@@H]2CC[C@@]1(C)C(=O)C2C(=O)Cl.CC1(C)[C@@H]2CC[C@@]1(C)c1[nH]n(-c3cc(Cl)cc(Cl)c3)c(=O)c12. The Labute approximate surface area is 521 Å². The lowest BCUT2D eigenvalue weighted by molar-refractivity contribution is -0.138. The molecule has 4 N–H and O–H groups in total. The van der Waals surface area contributed by atoms with Crippen LogP contribution in [0.1, 0.15) is 160 Å². The lowest BCUT2D eigenvalue weighted by Crippen LogP contribution is -2.53. The summed E-state index contributed by atoms with van der Waals surface area (Å²) in [6, 6.07) is 14.6. The number of rotatable bonds is 6. The third kappa shape index (κ3) is 12.6. The number of H-pyrrole nitrogens is 1. The number of halogens is 7. The molecule has 2 unspecified atom stereocenters. The number of aromatic nitrogens is 2. The van der Waals surface area contributed by atoms with Crippen LogP contribution < -0.4 is 26.8 Å². The van der Waals surface area contributed by atoms with E-state index in [4.69, 9.17) is 90.7 Å². The van der Waals surface area contributed by atoms with Crippen molar-refractivity contribution in [3.63, 3.8) is 0 Å². The summed E-state index contributed by atoms with van der Waals surface area (Å²) in [5, 5.41) is 6.54. The van der Waals surface area contributed by atoms with Crippen molar-refractivity contribution in [2.75, 3.05) is 10.4 Å². The fourth-order valence-electron chi connectivity index (χ4n) is 13.7. The molecule has 83 heavy (non-hydrogen) atoms. The zero-order valence-electron chi connectivity index (χ0n) is 49.5. The first kappa shape index (κ1) is 66.1. The minimum atomic E-state index is -0.855. The molecule has 3 aromatic carbocycles. The molecule has 3 amide bonds. The molecule has 5 fully saturated rings. The zero-order chi connectivity index (χ0) is 62.3. The van der Waals surface area contributed by atoms with Gasteiger partial charge in [0.15, 0.2) is 11.6 Å². The zero-order valence-corrected chi connectivity index (χ0v) is 54.8. The Bertz CT molecular complexity index is 3270. The van der Waals surface area contributed by atoms with Crippen molar-refractivity contribution in [1.82, 2.24) is 20.6 Å². The minimum Gasteiger partial charge on any atom is -0.443 e. The van der Waals surface area contributed by atoms with E-state index in [0.717, 1.165) is 54.8 Å². The van der Waals surface area contributed by atoms with Crippen LogP contribution in [0.3, 0.4) is 0 Å². The number of ketones is 2. The summed E-state index contributed by atoms with van der Waals surface area (Å²) >= 11 is 41.5. The molecular formula is C61H75Cl7N6O9. The molecule has 452 valence electrons. The molecule has 5 saturated carbocycles. The number of hydrogen-bond donors (Lipinski definition) is 4.